The first-order chi connectivity index (χ1) is 13.5. The van der Waals surface area contributed by atoms with Crippen molar-refractivity contribution in [3.05, 3.63) is 53.4 Å². The molecule has 0 fully saturated rings. The van der Waals surface area contributed by atoms with Gasteiger partial charge in [0.1, 0.15) is 11.5 Å². The molecule has 29 heavy (non-hydrogen) atoms. The van der Waals surface area contributed by atoms with Crippen molar-refractivity contribution in [2.45, 2.75) is 11.9 Å². The van der Waals surface area contributed by atoms with Crippen molar-refractivity contribution in [2.75, 3.05) is 19.4 Å². The van der Waals surface area contributed by atoms with E-state index in [0.717, 1.165) is 10.4 Å². The van der Waals surface area contributed by atoms with Crippen LogP contribution in [0.4, 0.5) is 23.2 Å². The Bertz CT molecular complexity index is 894. The number of rotatable bonds is 5. The molecule has 156 valence electrons. The van der Waals surface area contributed by atoms with Gasteiger partial charge in [-0.05, 0) is 18.2 Å². The van der Waals surface area contributed by atoms with Crippen molar-refractivity contribution in [3.8, 4) is 0 Å². The highest BCUT2D eigenvalue weighted by molar-refractivity contribution is 7.88. The van der Waals surface area contributed by atoms with Crippen LogP contribution in [-0.2, 0) is 23.3 Å². The van der Waals surface area contributed by atoms with Crippen molar-refractivity contribution >= 4 is 28.9 Å². The van der Waals surface area contributed by atoms with Crippen LogP contribution in [-0.4, -0.2) is 44.8 Å². The van der Waals surface area contributed by atoms with Gasteiger partial charge in [-0.25, -0.2) is 14.4 Å². The third kappa shape index (κ3) is 5.77. The van der Waals surface area contributed by atoms with Gasteiger partial charge >= 0.3 is 6.18 Å². The Balaban J connectivity index is 2.13. The second kappa shape index (κ2) is 9.05. The summed E-state index contributed by atoms with van der Waals surface area (Å²) in [6, 6.07) is 3.51. The van der Waals surface area contributed by atoms with Crippen LogP contribution >= 0.6 is 0 Å². The molecule has 2 rings (SSSR count). The molecule has 13 heteroatoms. The minimum absolute atomic E-state index is 0.00962. The highest BCUT2D eigenvalue weighted by Gasteiger charge is 2.33. The van der Waals surface area contributed by atoms with Gasteiger partial charge in [-0.3, -0.25) is 10.2 Å². The maximum absolute atomic E-state index is 14.0. The molecule has 0 saturated carbocycles. The minimum Gasteiger partial charge on any atom is -0.593 e. The lowest BCUT2D eigenvalue weighted by Crippen LogP contribution is -2.40. The molecule has 0 aliphatic carbocycles. The molecule has 1 aromatic carbocycles. The molecule has 1 atom stereocenters. The van der Waals surface area contributed by atoms with Crippen molar-refractivity contribution in [3.63, 3.8) is 0 Å². The number of carbonyl (C=O) groups excluding carboxylic acids is 1. The van der Waals surface area contributed by atoms with Crippen molar-refractivity contribution in [2.24, 2.45) is 0 Å². The highest BCUT2D eigenvalue weighted by atomic mass is 32.2. The quantitative estimate of drug-likeness (QED) is 0.288. The van der Waals surface area contributed by atoms with Gasteiger partial charge in [0, 0.05) is 18.3 Å². The number of guanidine groups is 1. The lowest BCUT2D eigenvalue weighted by Gasteiger charge is -2.22. The Morgan fingerprint density at radius 1 is 1.31 bits per heavy atom. The van der Waals surface area contributed by atoms with E-state index in [1.807, 2.05) is 0 Å². The average molecular weight is 432 g/mol. The zero-order valence-corrected chi connectivity index (χ0v) is 16.0. The number of benzene rings is 1. The number of hydrogen-bond donors (Lipinski definition) is 3. The minimum atomic E-state index is -4.68. The van der Waals surface area contributed by atoms with Crippen LogP contribution in [0, 0.1) is 11.2 Å². The topological polar surface area (TPSA) is 117 Å². The summed E-state index contributed by atoms with van der Waals surface area (Å²) in [5.74, 6) is -1.92. The van der Waals surface area contributed by atoms with E-state index in [1.165, 1.54) is 26.2 Å². The van der Waals surface area contributed by atoms with Gasteiger partial charge in [0.15, 0.2) is 11.4 Å². The van der Waals surface area contributed by atoms with Crippen LogP contribution in [0.3, 0.4) is 0 Å². The van der Waals surface area contributed by atoms with Crippen LogP contribution in [0.2, 0.25) is 0 Å². The standard InChI is InChI=1S/C16H16F4N6O2S/c1-22-15(21)26(2)29(28)8-9-5-10(3-4-11(9)17)25-14(27)12-6-24-13(7-23-12)16(18,19)20/h3-7H,8H2,1-2H3,(H2,21,22)(H,25,27). The van der Waals surface area contributed by atoms with E-state index in [0.29, 0.717) is 12.4 Å². The lowest BCUT2D eigenvalue weighted by atomic mass is 10.2. The average Bonchev–Trinajstić information content (AvgIpc) is 2.68. The number of alkyl halides is 3. The molecule has 0 saturated heterocycles. The molecule has 1 unspecified atom stereocenters. The van der Waals surface area contributed by atoms with E-state index < -0.39 is 35.0 Å². The predicted molar refractivity (Wildman–Crippen MR) is 97.8 cm³/mol. The highest BCUT2D eigenvalue weighted by Crippen LogP contribution is 2.26. The summed E-state index contributed by atoms with van der Waals surface area (Å²) in [4.78, 5) is 18.7. The number of anilines is 1. The number of amides is 1. The number of nitrogens with one attached hydrogen (secondary N) is 3. The summed E-state index contributed by atoms with van der Waals surface area (Å²) in [5, 5.41) is 12.4. The van der Waals surface area contributed by atoms with Gasteiger partial charge < -0.3 is 15.2 Å². The van der Waals surface area contributed by atoms with Crippen LogP contribution in [0.5, 0.6) is 0 Å². The first-order valence-corrected chi connectivity index (χ1v) is 9.18. The Morgan fingerprint density at radius 2 is 2.00 bits per heavy atom. The van der Waals surface area contributed by atoms with Gasteiger partial charge in [-0.2, -0.15) is 17.5 Å². The molecule has 3 N–H and O–H groups in total. The number of halogens is 4. The molecule has 0 radical (unpaired) electrons. The zero-order valence-electron chi connectivity index (χ0n) is 15.2. The number of nitrogens with zero attached hydrogens (tertiary/aromatic N) is 3. The Labute approximate surface area is 166 Å². The van der Waals surface area contributed by atoms with E-state index >= 15 is 0 Å². The van der Waals surface area contributed by atoms with E-state index in [-0.39, 0.29) is 28.7 Å². The van der Waals surface area contributed by atoms with Gasteiger partial charge in [0.05, 0.1) is 30.8 Å². The molecular formula is C16H16F4N6O2S. The number of carbonyl (C=O) groups is 1. The SMILES string of the molecule is CNC(=N)N(C)[S+]([O-])Cc1cc(NC(=O)c2cnc(C(F)(F)F)cn2)ccc1F. The maximum atomic E-state index is 14.0. The van der Waals surface area contributed by atoms with E-state index in [4.69, 9.17) is 5.41 Å². The van der Waals surface area contributed by atoms with Crippen molar-refractivity contribution in [1.29, 1.82) is 5.41 Å². The number of aromatic nitrogens is 2. The smallest absolute Gasteiger partial charge is 0.434 e. The summed E-state index contributed by atoms with van der Waals surface area (Å²) < 4.78 is 64.9. The summed E-state index contributed by atoms with van der Waals surface area (Å²) in [6.07, 6.45) is -3.57. The van der Waals surface area contributed by atoms with E-state index in [2.05, 4.69) is 20.6 Å². The fourth-order valence-corrected chi connectivity index (χ4v) is 3.01. The van der Waals surface area contributed by atoms with Crippen LogP contribution < -0.4 is 10.6 Å². The molecular weight excluding hydrogens is 416 g/mol. The lowest BCUT2D eigenvalue weighted by molar-refractivity contribution is -0.141. The summed E-state index contributed by atoms with van der Waals surface area (Å²) in [6.45, 7) is 0. The largest absolute Gasteiger partial charge is 0.593 e. The summed E-state index contributed by atoms with van der Waals surface area (Å²) in [5.41, 5.74) is -1.47. The molecule has 0 spiro atoms. The molecule has 2 aromatic rings. The molecule has 0 bridgehead atoms. The van der Waals surface area contributed by atoms with Gasteiger partial charge in [-0.1, -0.05) is 0 Å². The second-order valence-electron chi connectivity index (χ2n) is 5.61. The van der Waals surface area contributed by atoms with Crippen molar-refractivity contribution in [1.82, 2.24) is 19.6 Å². The van der Waals surface area contributed by atoms with Crippen LogP contribution in [0.15, 0.2) is 30.6 Å². The van der Waals surface area contributed by atoms with E-state index in [9.17, 15) is 26.9 Å². The van der Waals surface area contributed by atoms with Gasteiger partial charge in [0.2, 0.25) is 5.96 Å². The maximum Gasteiger partial charge on any atom is 0.434 e. The normalized spacial score (nSPS) is 12.2. The zero-order chi connectivity index (χ0) is 21.8. The molecule has 0 aliphatic heterocycles. The molecule has 1 heterocycles. The summed E-state index contributed by atoms with van der Waals surface area (Å²) in [7, 11) is 2.86. The van der Waals surface area contributed by atoms with Gasteiger partial charge in [-0.15, -0.1) is 0 Å². The molecule has 8 nitrogen and oxygen atoms in total. The molecule has 1 aromatic heterocycles. The third-order valence-corrected chi connectivity index (χ3v) is 4.97. The monoisotopic (exact) mass is 432 g/mol. The number of hydrogen-bond acceptors (Lipinski definition) is 5. The predicted octanol–water partition coefficient (Wildman–Crippen LogP) is 2.14. The molecule has 1 amide bonds. The Hall–Kier alpha value is -2.93. The Morgan fingerprint density at radius 3 is 2.55 bits per heavy atom. The Kier molecular flexibility index (Phi) is 6.97. The fraction of sp³-hybridized carbons (Fsp3) is 0.250. The van der Waals surface area contributed by atoms with Crippen LogP contribution in [0.1, 0.15) is 21.7 Å². The van der Waals surface area contributed by atoms with Gasteiger partial charge in [0.25, 0.3) is 5.91 Å². The van der Waals surface area contributed by atoms with Crippen LogP contribution in [0.25, 0.3) is 0 Å². The molecule has 0 aliphatic rings. The summed E-state index contributed by atoms with van der Waals surface area (Å²) >= 11 is -1.76. The first kappa shape index (κ1) is 22.4. The first-order valence-electron chi connectivity index (χ1n) is 7.90. The third-order valence-electron chi connectivity index (χ3n) is 3.61. The van der Waals surface area contributed by atoms with E-state index in [1.54, 1.807) is 0 Å². The van der Waals surface area contributed by atoms with Crippen molar-refractivity contribution < 1.29 is 26.9 Å². The fourth-order valence-electron chi connectivity index (χ4n) is 2.04. The second-order valence-corrected chi connectivity index (χ2v) is 7.09.